The molecule has 142 valence electrons. The maximum atomic E-state index is 14.3. The van der Waals surface area contributed by atoms with Crippen LogP contribution >= 0.6 is 0 Å². The molecule has 3 aromatic heterocycles. The number of aliphatic hydroxyl groups is 1. The van der Waals surface area contributed by atoms with Gasteiger partial charge in [0.25, 0.3) is 5.88 Å². The van der Waals surface area contributed by atoms with E-state index in [9.17, 15) is 4.39 Å². The Bertz CT molecular complexity index is 1050. The van der Waals surface area contributed by atoms with Gasteiger partial charge in [-0.2, -0.15) is 5.10 Å². The third kappa shape index (κ3) is 3.86. The molecule has 4 rings (SSSR count). The van der Waals surface area contributed by atoms with E-state index in [0.717, 1.165) is 0 Å². The number of rotatable bonds is 7. The summed E-state index contributed by atoms with van der Waals surface area (Å²) in [7, 11) is 0. The molecular weight excluding hydrogens is 365 g/mol. The Labute approximate surface area is 158 Å². The van der Waals surface area contributed by atoms with Crippen molar-refractivity contribution in [1.82, 2.24) is 35.4 Å². The molecule has 1 aromatic carbocycles. The van der Waals surface area contributed by atoms with E-state index in [1.165, 1.54) is 17.1 Å². The Morgan fingerprint density at radius 3 is 2.75 bits per heavy atom. The average molecular weight is 381 g/mol. The van der Waals surface area contributed by atoms with Gasteiger partial charge in [-0.1, -0.05) is 0 Å². The highest BCUT2D eigenvalue weighted by molar-refractivity contribution is 5.57. The Kier molecular flexibility index (Phi) is 5.02. The van der Waals surface area contributed by atoms with Crippen molar-refractivity contribution >= 4 is 0 Å². The van der Waals surface area contributed by atoms with Crippen LogP contribution in [0.2, 0.25) is 0 Å². The lowest BCUT2D eigenvalue weighted by molar-refractivity contribution is 0.287. The van der Waals surface area contributed by atoms with Crippen LogP contribution in [0, 0.1) is 5.82 Å². The number of aromatic amines is 1. The van der Waals surface area contributed by atoms with Gasteiger partial charge in [0.05, 0.1) is 11.4 Å². The maximum Gasteiger partial charge on any atom is 0.255 e. The summed E-state index contributed by atoms with van der Waals surface area (Å²) in [6.07, 6.45) is 4.22. The zero-order valence-corrected chi connectivity index (χ0v) is 14.7. The van der Waals surface area contributed by atoms with Crippen LogP contribution in [0.3, 0.4) is 0 Å². The van der Waals surface area contributed by atoms with Crippen LogP contribution in [0.15, 0.2) is 48.8 Å². The molecule has 0 unspecified atom stereocenters. The van der Waals surface area contributed by atoms with E-state index in [4.69, 9.17) is 9.84 Å². The van der Waals surface area contributed by atoms with Gasteiger partial charge in [-0.25, -0.2) is 9.37 Å². The fourth-order valence-electron chi connectivity index (χ4n) is 2.51. The molecule has 0 aliphatic carbocycles. The van der Waals surface area contributed by atoms with Crippen molar-refractivity contribution < 1.29 is 14.2 Å². The number of H-pyrrole nitrogens is 1. The first kappa shape index (κ1) is 17.7. The van der Waals surface area contributed by atoms with E-state index in [1.807, 2.05) is 0 Å². The largest absolute Gasteiger partial charge is 0.436 e. The Balaban J connectivity index is 1.46. The summed E-state index contributed by atoms with van der Waals surface area (Å²) in [5.41, 5.74) is 1.92. The summed E-state index contributed by atoms with van der Waals surface area (Å²) in [6.45, 7) is 0.0774. The molecule has 0 amide bonds. The molecule has 0 radical (unpaired) electrons. The highest BCUT2D eigenvalue weighted by Gasteiger charge is 2.11. The van der Waals surface area contributed by atoms with E-state index in [2.05, 4.69) is 30.6 Å². The lowest BCUT2D eigenvalue weighted by atomic mass is 10.2. The predicted octanol–water partition coefficient (Wildman–Crippen LogP) is 2.30. The number of hydrogen-bond donors (Lipinski definition) is 2. The number of aromatic nitrogens is 7. The first-order valence-electron chi connectivity index (χ1n) is 8.56. The zero-order valence-electron chi connectivity index (χ0n) is 14.7. The highest BCUT2D eigenvalue weighted by Crippen LogP contribution is 2.26. The number of hydrogen-bond acceptors (Lipinski definition) is 7. The van der Waals surface area contributed by atoms with Gasteiger partial charge in [-0.3, -0.25) is 5.10 Å². The molecular formula is C18H16FN7O2. The fourth-order valence-corrected chi connectivity index (χ4v) is 2.51. The van der Waals surface area contributed by atoms with Crippen LogP contribution in [0.5, 0.6) is 11.6 Å². The summed E-state index contributed by atoms with van der Waals surface area (Å²) >= 11 is 0. The molecule has 0 atom stereocenters. The van der Waals surface area contributed by atoms with E-state index < -0.39 is 5.82 Å². The number of pyridine rings is 1. The van der Waals surface area contributed by atoms with Gasteiger partial charge in [0.15, 0.2) is 11.6 Å². The molecule has 9 nitrogen and oxygen atoms in total. The van der Waals surface area contributed by atoms with Crippen molar-refractivity contribution in [2.45, 2.75) is 12.8 Å². The smallest absolute Gasteiger partial charge is 0.255 e. The third-order valence-electron chi connectivity index (χ3n) is 3.91. The van der Waals surface area contributed by atoms with Crippen molar-refractivity contribution in [3.8, 4) is 28.6 Å². The summed E-state index contributed by atoms with van der Waals surface area (Å²) in [6, 6.07) is 9.83. The molecule has 2 N–H and O–H groups in total. The Morgan fingerprint density at radius 1 is 1.18 bits per heavy atom. The van der Waals surface area contributed by atoms with Gasteiger partial charge in [0.2, 0.25) is 0 Å². The molecule has 4 aromatic rings. The summed E-state index contributed by atoms with van der Waals surface area (Å²) in [5, 5.41) is 27.6. The summed E-state index contributed by atoms with van der Waals surface area (Å²) < 4.78 is 19.8. The molecule has 0 spiro atoms. The van der Waals surface area contributed by atoms with Crippen LogP contribution in [-0.2, 0) is 6.42 Å². The van der Waals surface area contributed by atoms with E-state index >= 15 is 0 Å². The monoisotopic (exact) mass is 381 g/mol. The van der Waals surface area contributed by atoms with Gasteiger partial charge in [0, 0.05) is 31.0 Å². The van der Waals surface area contributed by atoms with Gasteiger partial charge in [-0.15, -0.1) is 15.0 Å². The Hall–Kier alpha value is -3.66. The van der Waals surface area contributed by atoms with Crippen molar-refractivity contribution in [3.05, 3.63) is 60.4 Å². The lowest BCUT2D eigenvalue weighted by Crippen LogP contribution is -2.00. The van der Waals surface area contributed by atoms with Crippen LogP contribution < -0.4 is 4.74 Å². The van der Waals surface area contributed by atoms with E-state index in [-0.39, 0.29) is 12.5 Å². The van der Waals surface area contributed by atoms with Crippen LogP contribution in [0.4, 0.5) is 4.39 Å². The topological polar surface area (TPSA) is 115 Å². The quantitative estimate of drug-likeness (QED) is 0.505. The number of ether oxygens (including phenoxy) is 1. The Morgan fingerprint density at radius 2 is 2.04 bits per heavy atom. The van der Waals surface area contributed by atoms with Crippen LogP contribution in [0.1, 0.15) is 12.2 Å². The summed E-state index contributed by atoms with van der Waals surface area (Å²) in [5.74, 6) is 0.270. The number of nitrogens with zero attached hydrogens (tertiary/aromatic N) is 6. The molecule has 0 saturated heterocycles. The van der Waals surface area contributed by atoms with Gasteiger partial charge in [-0.05, 0) is 48.0 Å². The lowest BCUT2D eigenvalue weighted by Gasteiger charge is -2.07. The zero-order chi connectivity index (χ0) is 19.3. The second-order valence-electron chi connectivity index (χ2n) is 5.90. The van der Waals surface area contributed by atoms with Gasteiger partial charge in [0.1, 0.15) is 5.75 Å². The minimum Gasteiger partial charge on any atom is -0.436 e. The maximum absolute atomic E-state index is 14.3. The second kappa shape index (κ2) is 7.92. The van der Waals surface area contributed by atoms with Gasteiger partial charge >= 0.3 is 0 Å². The molecule has 0 aliphatic heterocycles. The first-order valence-corrected chi connectivity index (χ1v) is 8.56. The molecule has 0 bridgehead atoms. The highest BCUT2D eigenvalue weighted by atomic mass is 19.1. The molecule has 0 fully saturated rings. The predicted molar refractivity (Wildman–Crippen MR) is 96.4 cm³/mol. The number of benzene rings is 1. The van der Waals surface area contributed by atoms with E-state index in [1.54, 1.807) is 36.5 Å². The third-order valence-corrected chi connectivity index (χ3v) is 3.91. The second-order valence-corrected chi connectivity index (χ2v) is 5.90. The minimum absolute atomic E-state index is 0.0774. The molecule has 28 heavy (non-hydrogen) atoms. The molecule has 10 heteroatoms. The van der Waals surface area contributed by atoms with Crippen LogP contribution in [-0.4, -0.2) is 47.1 Å². The molecule has 3 heterocycles. The normalized spacial score (nSPS) is 10.9. The standard InChI is InChI=1S/C18H16FN7O2/c19-15-10-12(16-7-8-21-22-16)11-20-18(15)28-14-5-3-13(4-6-14)26-24-17(23-25-26)2-1-9-27/h3-8,10-11,27H,1-2,9H2,(H,21,22). The number of nitrogens with one attached hydrogen (secondary N) is 1. The van der Waals surface area contributed by atoms with Gasteiger partial charge < -0.3 is 9.84 Å². The first-order chi connectivity index (χ1) is 13.7. The average Bonchev–Trinajstić information content (AvgIpc) is 3.41. The van der Waals surface area contributed by atoms with Crippen molar-refractivity contribution in [1.29, 1.82) is 0 Å². The minimum atomic E-state index is -0.581. The van der Waals surface area contributed by atoms with Crippen molar-refractivity contribution in [2.24, 2.45) is 0 Å². The molecule has 0 saturated carbocycles. The number of aryl methyl sites for hydroxylation is 1. The fraction of sp³-hybridized carbons (Fsp3) is 0.167. The SMILES string of the molecule is OCCCc1nnn(-c2ccc(Oc3ncc(-c4ccn[nH]4)cc3F)cc2)n1. The van der Waals surface area contributed by atoms with Crippen molar-refractivity contribution in [2.75, 3.05) is 6.61 Å². The summed E-state index contributed by atoms with van der Waals surface area (Å²) in [4.78, 5) is 5.42. The molecule has 0 aliphatic rings. The number of halogens is 1. The van der Waals surface area contributed by atoms with Crippen molar-refractivity contribution in [3.63, 3.8) is 0 Å². The number of tetrazole rings is 1. The van der Waals surface area contributed by atoms with Crippen LogP contribution in [0.25, 0.3) is 16.9 Å². The van der Waals surface area contributed by atoms with E-state index in [0.29, 0.717) is 41.4 Å². The number of aliphatic hydroxyl groups excluding tert-OH is 1.